The number of esters is 1. The first-order valence-electron chi connectivity index (χ1n) is 23.6. The molecule has 4 atom stereocenters. The van der Waals surface area contributed by atoms with Gasteiger partial charge in [0.25, 0.3) is 0 Å². The van der Waals surface area contributed by atoms with Crippen molar-refractivity contribution in [2.24, 2.45) is 18.9 Å². The summed E-state index contributed by atoms with van der Waals surface area (Å²) in [6, 6.07) is 24.1. The number of nitrogens with one attached hydrogen (secondary N) is 2. The molecular formula is C53H66Cl2N7O8+. The van der Waals surface area contributed by atoms with E-state index < -0.39 is 53.4 Å². The molecule has 4 N–H and O–H groups in total. The van der Waals surface area contributed by atoms with Crippen molar-refractivity contribution in [2.45, 2.75) is 96.4 Å². The van der Waals surface area contributed by atoms with Gasteiger partial charge in [-0.1, -0.05) is 48.3 Å². The smallest absolute Gasteiger partial charge is 0.307 e. The van der Waals surface area contributed by atoms with Crippen molar-refractivity contribution in [3.63, 3.8) is 0 Å². The van der Waals surface area contributed by atoms with E-state index in [1.807, 2.05) is 69.8 Å². The van der Waals surface area contributed by atoms with Gasteiger partial charge in [0.2, 0.25) is 29.6 Å². The maximum Gasteiger partial charge on any atom is 0.307 e. The molecule has 3 heterocycles. The van der Waals surface area contributed by atoms with Crippen molar-refractivity contribution in [1.29, 1.82) is 0 Å². The minimum absolute atomic E-state index is 0.0469. The normalized spacial score (nSPS) is 16.3. The number of piperidine rings is 1. The number of nitrogens with zero attached hydrogens (tertiary/aromatic N) is 5. The Balaban J connectivity index is 1.13. The van der Waals surface area contributed by atoms with E-state index in [4.69, 9.17) is 32.7 Å². The number of benzene rings is 3. The first kappa shape index (κ1) is 53.4. The summed E-state index contributed by atoms with van der Waals surface area (Å²) >= 11 is 12.7. The van der Waals surface area contributed by atoms with Crippen molar-refractivity contribution in [3.05, 3.63) is 130 Å². The number of likely N-dealkylation sites (tertiary alicyclic amines) is 1. The van der Waals surface area contributed by atoms with Crippen LogP contribution in [-0.4, -0.2) is 104 Å². The number of carbonyl (C=O) groups excluding carboxylic acids is 4. The number of aliphatic hydroxyl groups is 1. The van der Waals surface area contributed by atoms with Gasteiger partial charge in [-0.05, 0) is 133 Å². The van der Waals surface area contributed by atoms with Gasteiger partial charge in [0.1, 0.15) is 29.0 Å². The predicted molar refractivity (Wildman–Crippen MR) is 267 cm³/mol. The van der Waals surface area contributed by atoms with Crippen molar-refractivity contribution in [2.75, 3.05) is 33.8 Å². The van der Waals surface area contributed by atoms with Crippen LogP contribution in [-0.2, 0) is 56.8 Å². The molecule has 1 aliphatic rings. The second kappa shape index (κ2) is 23.7. The molecule has 6 rings (SSSR count). The summed E-state index contributed by atoms with van der Waals surface area (Å²) in [7, 11) is 6.00. The summed E-state index contributed by atoms with van der Waals surface area (Å²) in [6.45, 7) is 7.48. The molecule has 2 aromatic heterocycles. The van der Waals surface area contributed by atoms with Crippen molar-refractivity contribution < 1.29 is 43.7 Å². The minimum atomic E-state index is -1.30. The first-order chi connectivity index (χ1) is 33.2. The number of hydrogen-bond acceptors (Lipinski definition) is 10. The number of amides is 3. The van der Waals surface area contributed by atoms with E-state index in [0.29, 0.717) is 65.9 Å². The van der Waals surface area contributed by atoms with Crippen LogP contribution < -0.4 is 20.1 Å². The summed E-state index contributed by atoms with van der Waals surface area (Å²) < 4.78 is 15.0. The number of halogens is 2. The number of ether oxygens (including phenoxy) is 2. The molecule has 0 unspecified atom stereocenters. The van der Waals surface area contributed by atoms with Crippen molar-refractivity contribution in [3.8, 4) is 22.8 Å². The van der Waals surface area contributed by atoms with E-state index >= 15 is 0 Å². The number of aromatic nitrogens is 3. The zero-order valence-corrected chi connectivity index (χ0v) is 42.6. The maximum absolute atomic E-state index is 14.6. The Labute approximate surface area is 420 Å². The number of carbonyl (C=O) groups is 4. The second-order valence-corrected chi connectivity index (χ2v) is 20.5. The largest absolute Gasteiger partial charge is 0.460 e. The lowest BCUT2D eigenvalue weighted by atomic mass is 9.82. The molecule has 3 aromatic carbocycles. The number of hydrogen-bond donors (Lipinski definition) is 4. The molecule has 1 saturated heterocycles. The van der Waals surface area contributed by atoms with Gasteiger partial charge in [-0.15, -0.1) is 0 Å². The van der Waals surface area contributed by atoms with Crippen LogP contribution in [0.1, 0.15) is 76.0 Å². The van der Waals surface area contributed by atoms with E-state index in [1.165, 1.54) is 6.20 Å². The molecule has 0 radical (unpaired) electrons. The molecule has 374 valence electrons. The number of imidazole rings is 1. The Hall–Kier alpha value is -6.00. The number of rotatable bonds is 20. The van der Waals surface area contributed by atoms with Crippen LogP contribution in [0.5, 0.6) is 11.5 Å². The summed E-state index contributed by atoms with van der Waals surface area (Å²) in [5.41, 5.74) is 2.25. The van der Waals surface area contributed by atoms with E-state index in [-0.39, 0.29) is 25.3 Å². The average molecular weight is 1000 g/mol. The highest BCUT2D eigenvalue weighted by Gasteiger charge is 2.42. The molecule has 5 aromatic rings. The Kier molecular flexibility index (Phi) is 18.1. The lowest BCUT2D eigenvalue weighted by molar-refractivity contribution is -0.909. The third kappa shape index (κ3) is 14.8. The van der Waals surface area contributed by atoms with Crippen molar-refractivity contribution in [1.82, 2.24) is 30.0 Å². The molecule has 3 amide bonds. The lowest BCUT2D eigenvalue weighted by Gasteiger charge is -2.45. The van der Waals surface area contributed by atoms with Gasteiger partial charge in [0, 0.05) is 64.9 Å². The molecule has 1 aliphatic heterocycles. The molecule has 1 fully saturated rings. The van der Waals surface area contributed by atoms with E-state index in [9.17, 15) is 29.5 Å². The average Bonchev–Trinajstić information content (AvgIpc) is 3.66. The molecule has 0 bridgehead atoms. The minimum Gasteiger partial charge on any atom is -0.460 e. The molecule has 0 aliphatic carbocycles. The van der Waals surface area contributed by atoms with Crippen LogP contribution in [0.2, 0.25) is 10.0 Å². The van der Waals surface area contributed by atoms with Gasteiger partial charge >= 0.3 is 5.97 Å². The van der Waals surface area contributed by atoms with E-state index in [2.05, 4.69) is 25.1 Å². The number of aliphatic hydroxyl groups excluding tert-OH is 1. The fourth-order valence-corrected chi connectivity index (χ4v) is 9.02. The zero-order chi connectivity index (χ0) is 50.8. The van der Waals surface area contributed by atoms with Gasteiger partial charge in [-0.3, -0.25) is 24.4 Å². The maximum atomic E-state index is 14.6. The Morgan fingerprint density at radius 1 is 0.971 bits per heavy atom. The van der Waals surface area contributed by atoms with Crippen LogP contribution in [0, 0.1) is 11.8 Å². The SMILES string of the molecule is C[C@H](CCc1ccc(Cl)cc1Oc1ccc(-c2cnc(CN(C)C)n2C)cc1)C(=O)N[C@@H](CO)C(=O)N[C@@]1(Cc2ccc(Cl)cc2)CCCN(C(=O)[C@@H](CC(=O)OC(C)(C)C)Cc2cccc[n+]2O)C1. The monoisotopic (exact) mass is 998 g/mol. The van der Waals surface area contributed by atoms with Gasteiger partial charge in [-0.25, -0.2) is 4.98 Å². The van der Waals surface area contributed by atoms with Gasteiger partial charge in [-0.2, -0.15) is 0 Å². The first-order valence-corrected chi connectivity index (χ1v) is 24.4. The molecule has 0 saturated carbocycles. The van der Waals surface area contributed by atoms with Crippen LogP contribution in [0.3, 0.4) is 0 Å². The molecule has 0 spiro atoms. The Morgan fingerprint density at radius 3 is 2.36 bits per heavy atom. The highest BCUT2D eigenvalue weighted by atomic mass is 35.5. The molecule has 17 heteroatoms. The molecular weight excluding hydrogens is 934 g/mol. The topological polar surface area (TPSA) is 179 Å². The summed E-state index contributed by atoms with van der Waals surface area (Å²) in [6.07, 6.45) is 5.23. The highest BCUT2D eigenvalue weighted by molar-refractivity contribution is 6.31. The fraction of sp³-hybridized carbons (Fsp3) is 0.434. The summed E-state index contributed by atoms with van der Waals surface area (Å²) in [4.78, 5) is 64.1. The molecule has 70 heavy (non-hydrogen) atoms. The zero-order valence-electron chi connectivity index (χ0n) is 41.1. The van der Waals surface area contributed by atoms with Gasteiger partial charge < -0.3 is 39.6 Å². The van der Waals surface area contributed by atoms with E-state index in [0.717, 1.165) is 39.5 Å². The lowest BCUT2D eigenvalue weighted by Crippen LogP contribution is -2.64. The van der Waals surface area contributed by atoms with E-state index in [1.54, 1.807) is 75.1 Å². The van der Waals surface area contributed by atoms with Crippen LogP contribution in [0.15, 0.2) is 97.3 Å². The van der Waals surface area contributed by atoms with Crippen molar-refractivity contribution >= 4 is 46.9 Å². The Bertz CT molecular complexity index is 2600. The van der Waals surface area contributed by atoms with Crippen LogP contribution in [0.25, 0.3) is 11.3 Å². The number of pyridine rings is 1. The third-order valence-corrected chi connectivity index (χ3v) is 12.8. The molecule has 15 nitrogen and oxygen atoms in total. The van der Waals surface area contributed by atoms with Crippen LogP contribution in [0.4, 0.5) is 0 Å². The summed E-state index contributed by atoms with van der Waals surface area (Å²) in [5, 5.41) is 28.1. The highest BCUT2D eigenvalue weighted by Crippen LogP contribution is 2.33. The summed E-state index contributed by atoms with van der Waals surface area (Å²) in [5.74, 6) is -1.30. The second-order valence-electron chi connectivity index (χ2n) is 19.6. The van der Waals surface area contributed by atoms with Gasteiger partial charge in [0.05, 0.1) is 42.9 Å². The fourth-order valence-electron chi connectivity index (χ4n) is 8.73. The Morgan fingerprint density at radius 2 is 1.69 bits per heavy atom. The predicted octanol–water partition coefficient (Wildman–Crippen LogP) is 7.13. The van der Waals surface area contributed by atoms with Gasteiger partial charge in [0.15, 0.2) is 0 Å². The quantitative estimate of drug-likeness (QED) is 0.0356. The third-order valence-electron chi connectivity index (χ3n) is 12.4. The standard InChI is InChI=1S/C53H65Cl2N7O8/c1-35(12-15-38-16-21-41(55)29-46(38)69-43-22-17-37(18-23-43)45-31-56-47(60(45)7)32-59(5)6)49(65)57-44(33-63)50(66)58-53(30-36-13-19-40(54)20-14-36)24-10-25-61(34-53)51(67)39(28-48(64)70-52(2,3)4)27-42-11-8-9-26-62(42)68/h8-9,11,13-14,16-23,26,29,31,35,39,44,63H,10,12,15,24-25,27-28,30,32-34H2,1-7H3,(H2-,57,58,65,66,68)/p+1/t35-,39-,44+,53-/m1/s1. The number of aryl methyl sites for hydroxylation is 1. The van der Waals surface area contributed by atoms with Crippen LogP contribution >= 0.6 is 23.2 Å².